The first-order valence-electron chi connectivity index (χ1n) is 16.8. The minimum Gasteiger partial charge on any atom is -0.409 e. The minimum absolute atomic E-state index is 0.00585. The van der Waals surface area contributed by atoms with E-state index in [1.165, 1.54) is 0 Å². The van der Waals surface area contributed by atoms with Crippen molar-refractivity contribution >= 4 is 22.4 Å². The van der Waals surface area contributed by atoms with Gasteiger partial charge in [-0.3, -0.25) is 4.79 Å². The fourth-order valence-corrected chi connectivity index (χ4v) is 7.43. The van der Waals surface area contributed by atoms with Gasteiger partial charge in [0.15, 0.2) is 39.8 Å². The number of rotatable bonds is 8. The van der Waals surface area contributed by atoms with Crippen molar-refractivity contribution in [3.8, 4) is 0 Å². The van der Waals surface area contributed by atoms with Gasteiger partial charge >= 0.3 is 0 Å². The summed E-state index contributed by atoms with van der Waals surface area (Å²) in [6.45, 7) is 32.6. The van der Waals surface area contributed by atoms with Crippen molar-refractivity contribution in [2.45, 2.75) is 179 Å². The Morgan fingerprint density at radius 1 is 0.809 bits per heavy atom. The third-order valence-electron chi connectivity index (χ3n) is 10.2. The lowest BCUT2D eigenvalue weighted by atomic mass is 9.97. The third kappa shape index (κ3) is 9.72. The van der Waals surface area contributed by atoms with Gasteiger partial charge in [0.1, 0.15) is 43.2 Å². The van der Waals surface area contributed by atoms with E-state index in [1.807, 2.05) is 13.8 Å². The monoisotopic (exact) mass is 708 g/mol. The molecule has 12 nitrogen and oxygen atoms in total. The number of aliphatic hydroxyl groups excluding tert-OH is 2. The van der Waals surface area contributed by atoms with Gasteiger partial charge in [0.25, 0.3) is 0 Å². The van der Waals surface area contributed by atoms with Gasteiger partial charge in [0, 0.05) is 0 Å². The Kier molecular flexibility index (Phi) is 11.9. The number of hydrogen-bond acceptors (Lipinski definition) is 12. The Morgan fingerprint density at radius 2 is 1.38 bits per heavy atom. The Labute approximate surface area is 284 Å². The van der Waals surface area contributed by atoms with Crippen molar-refractivity contribution in [1.29, 1.82) is 0 Å². The zero-order valence-corrected chi connectivity index (χ0v) is 33.8. The number of carbonyl (C=O) groups is 1. The number of aliphatic hydroxyl groups is 2. The van der Waals surface area contributed by atoms with Crippen molar-refractivity contribution in [3.05, 3.63) is 0 Å². The lowest BCUT2D eigenvalue weighted by Gasteiger charge is -2.41. The Hall–Kier alpha value is -0.336. The normalized spacial score (nSPS) is 33.2. The van der Waals surface area contributed by atoms with Gasteiger partial charge in [-0.05, 0) is 77.8 Å². The fourth-order valence-electron chi connectivity index (χ4n) is 5.23. The fraction of sp³-hybridized carbons (Fsp3) is 0.970. The minimum atomic E-state index is -2.31. The molecule has 0 saturated carbocycles. The first-order valence-corrected chi connectivity index (χ1v) is 22.6. The Morgan fingerprint density at radius 3 is 1.85 bits per heavy atom. The lowest BCUT2D eigenvalue weighted by molar-refractivity contribution is -0.326. The summed E-state index contributed by atoms with van der Waals surface area (Å²) in [7, 11) is -4.41. The predicted molar refractivity (Wildman–Crippen MR) is 181 cm³/mol. The molecule has 47 heavy (non-hydrogen) atoms. The average Bonchev–Trinajstić information content (AvgIpc) is 3.53. The highest BCUT2D eigenvalue weighted by Crippen LogP contribution is 2.44. The van der Waals surface area contributed by atoms with Crippen LogP contribution in [-0.4, -0.2) is 119 Å². The van der Waals surface area contributed by atoms with Crippen LogP contribution in [0, 0.1) is 0 Å². The van der Waals surface area contributed by atoms with Gasteiger partial charge in [-0.25, -0.2) is 0 Å². The molecule has 0 bridgehead atoms. The van der Waals surface area contributed by atoms with E-state index in [0.29, 0.717) is 6.61 Å². The van der Waals surface area contributed by atoms with Crippen LogP contribution >= 0.6 is 0 Å². The molecule has 4 heterocycles. The van der Waals surface area contributed by atoms with Crippen LogP contribution < -0.4 is 0 Å². The molecule has 0 unspecified atom stereocenters. The number of Topliss-reactive ketones (excluding diaryl/α,β-unsaturated/α-hetero) is 1. The smallest absolute Gasteiger partial charge is 0.224 e. The summed E-state index contributed by atoms with van der Waals surface area (Å²) in [6.07, 6.45) is -4.37. The molecule has 14 heteroatoms. The van der Waals surface area contributed by atoms with E-state index in [4.69, 9.17) is 42.0 Å². The van der Waals surface area contributed by atoms with Gasteiger partial charge in [-0.2, -0.15) is 0 Å². The first-order chi connectivity index (χ1) is 20.9. The van der Waals surface area contributed by atoms with Crippen LogP contribution in [-0.2, 0) is 46.8 Å². The van der Waals surface area contributed by atoms with E-state index in [9.17, 15) is 15.0 Å². The van der Waals surface area contributed by atoms with Crippen LogP contribution in [0.25, 0.3) is 0 Å². The topological polar surface area (TPSA) is 141 Å². The molecule has 4 saturated heterocycles. The molecule has 0 aromatic carbocycles. The molecule has 4 fully saturated rings. The summed E-state index contributed by atoms with van der Waals surface area (Å²) < 4.78 is 52.3. The molecule has 1 spiro atoms. The van der Waals surface area contributed by atoms with Crippen molar-refractivity contribution in [2.24, 2.45) is 0 Å². The Balaban J connectivity index is 0.000000282. The van der Waals surface area contributed by atoms with Crippen molar-refractivity contribution < 1.29 is 57.0 Å². The zero-order valence-electron chi connectivity index (χ0n) is 31.8. The van der Waals surface area contributed by atoms with Crippen LogP contribution in [0.15, 0.2) is 0 Å². The molecule has 2 N–H and O–H groups in total. The lowest BCUT2D eigenvalue weighted by Crippen LogP contribution is -2.61. The zero-order chi connectivity index (χ0) is 36.2. The highest BCUT2D eigenvalue weighted by Gasteiger charge is 2.62. The van der Waals surface area contributed by atoms with Gasteiger partial charge in [-0.1, -0.05) is 41.5 Å². The van der Waals surface area contributed by atoms with Gasteiger partial charge < -0.3 is 52.2 Å². The van der Waals surface area contributed by atoms with Gasteiger partial charge in [0.2, 0.25) is 5.79 Å². The number of carbonyl (C=O) groups excluding carboxylic acids is 1. The molecule has 0 aromatic heterocycles. The van der Waals surface area contributed by atoms with Crippen LogP contribution in [0.1, 0.15) is 83.1 Å². The van der Waals surface area contributed by atoms with Crippen molar-refractivity contribution in [3.63, 3.8) is 0 Å². The van der Waals surface area contributed by atoms with E-state index in [1.54, 1.807) is 27.7 Å². The van der Waals surface area contributed by atoms with Crippen molar-refractivity contribution in [2.75, 3.05) is 26.4 Å². The summed E-state index contributed by atoms with van der Waals surface area (Å²) in [5.74, 6) is -3.63. The molecule has 0 amide bonds. The molecule has 4 rings (SSSR count). The first kappa shape index (κ1) is 41.1. The standard InChI is InChI=1S/C21H44O6Si2.C12H20O6/c1-19(2,3)28(9,10)25-13-15(22)18(27-29(11,12)20(4,5)6)17(23)16-14-24-21(7,8)26-16;1-10(2)15-6-12(18-10)9(13)8-7(5-14-12)16-11(3,4)17-8/h16-18,23H,13-14H2,1-12H3;7-9,13H,5-6H2,1-4H3/t16-,17-,18-;7-,8-,9+,12+/m00/s1. The summed E-state index contributed by atoms with van der Waals surface area (Å²) in [6, 6.07) is 0. The second-order valence-corrected chi connectivity index (χ2v) is 27.2. The summed E-state index contributed by atoms with van der Waals surface area (Å²) in [5, 5.41) is 21.4. The maximum atomic E-state index is 13.2. The van der Waals surface area contributed by atoms with Crippen molar-refractivity contribution in [1.82, 2.24) is 0 Å². The van der Waals surface area contributed by atoms with Crippen LogP contribution in [0.3, 0.4) is 0 Å². The SMILES string of the molecule is CC1(C)OC[C@@H]([C@H](O)[C@@H](O[Si](C)(C)C(C)(C)C)C(=O)CO[Si](C)(C)C(C)(C)C)O1.CC1(C)O[C@H]2[C@H](CO[C@@]3(COC(C)(C)O3)[C@@H]2O)O1. The molecule has 7 atom stereocenters. The predicted octanol–water partition coefficient (Wildman–Crippen LogP) is 4.86. The molecular weight excluding hydrogens is 645 g/mol. The van der Waals surface area contributed by atoms with E-state index >= 15 is 0 Å². The third-order valence-corrected chi connectivity index (χ3v) is 19.1. The van der Waals surface area contributed by atoms with E-state index in [2.05, 4.69) is 67.7 Å². The number of ether oxygens (including phenoxy) is 7. The molecule has 4 aliphatic heterocycles. The number of hydrogen-bond donors (Lipinski definition) is 2. The van der Waals surface area contributed by atoms with Gasteiger partial charge in [0.05, 0.1) is 19.8 Å². The second-order valence-electron chi connectivity index (χ2n) is 17.7. The highest BCUT2D eigenvalue weighted by molar-refractivity contribution is 6.74. The molecule has 276 valence electrons. The average molecular weight is 709 g/mol. The quantitative estimate of drug-likeness (QED) is 0.333. The maximum absolute atomic E-state index is 13.2. The molecule has 0 radical (unpaired) electrons. The van der Waals surface area contributed by atoms with Crippen LogP contribution in [0.5, 0.6) is 0 Å². The number of ketones is 1. The molecule has 0 aliphatic carbocycles. The summed E-state index contributed by atoms with van der Waals surface area (Å²) in [5.41, 5.74) is 0. The molecular formula is C33H64O12Si2. The Bertz CT molecular complexity index is 1090. The highest BCUT2D eigenvalue weighted by atomic mass is 28.4. The summed E-state index contributed by atoms with van der Waals surface area (Å²) in [4.78, 5) is 13.2. The molecule has 4 aliphatic rings. The molecule has 0 aromatic rings. The van der Waals surface area contributed by atoms with Crippen LogP contribution in [0.4, 0.5) is 0 Å². The largest absolute Gasteiger partial charge is 0.409 e. The van der Waals surface area contributed by atoms with E-state index in [-0.39, 0.29) is 41.8 Å². The van der Waals surface area contributed by atoms with Gasteiger partial charge in [-0.15, -0.1) is 0 Å². The second kappa shape index (κ2) is 13.7. The summed E-state index contributed by atoms with van der Waals surface area (Å²) >= 11 is 0. The van der Waals surface area contributed by atoms with Crippen LogP contribution in [0.2, 0.25) is 36.3 Å². The van der Waals surface area contributed by atoms with E-state index in [0.717, 1.165) is 0 Å². The van der Waals surface area contributed by atoms with E-state index < -0.39 is 70.3 Å². The number of fused-ring (bicyclic) bond motifs is 1. The maximum Gasteiger partial charge on any atom is 0.224 e.